The second kappa shape index (κ2) is 9.88. The van der Waals surface area contributed by atoms with E-state index in [1.54, 1.807) is 4.31 Å². The Hall–Kier alpha value is -0.660. The lowest BCUT2D eigenvalue weighted by Gasteiger charge is -2.36. The van der Waals surface area contributed by atoms with Crippen LogP contribution < -0.4 is 5.32 Å². The lowest BCUT2D eigenvalue weighted by molar-refractivity contribution is -0.121. The molecule has 0 atom stereocenters. The van der Waals surface area contributed by atoms with Gasteiger partial charge in [0.15, 0.2) is 0 Å². The smallest absolute Gasteiger partial charge is 0.221 e. The molecule has 1 saturated carbocycles. The van der Waals surface area contributed by atoms with Crippen molar-refractivity contribution in [2.75, 3.05) is 39.0 Å². The summed E-state index contributed by atoms with van der Waals surface area (Å²) in [6, 6.07) is 0.108. The number of amides is 1. The van der Waals surface area contributed by atoms with Gasteiger partial charge in [0.05, 0.1) is 6.26 Å². The highest BCUT2D eigenvalue weighted by Gasteiger charge is 2.28. The molecule has 0 aromatic carbocycles. The molecule has 2 fully saturated rings. The zero-order valence-corrected chi connectivity index (χ0v) is 16.7. The highest BCUT2D eigenvalue weighted by molar-refractivity contribution is 7.88. The highest BCUT2D eigenvalue weighted by Crippen LogP contribution is 2.23. The van der Waals surface area contributed by atoms with Gasteiger partial charge < -0.3 is 10.2 Å². The molecule has 1 saturated heterocycles. The maximum Gasteiger partial charge on any atom is 0.221 e. The molecule has 0 aromatic heterocycles. The van der Waals surface area contributed by atoms with Gasteiger partial charge in [-0.15, -0.1) is 0 Å². The summed E-state index contributed by atoms with van der Waals surface area (Å²) in [6.07, 6.45) is 9.99. The van der Waals surface area contributed by atoms with Gasteiger partial charge in [0.25, 0.3) is 0 Å². The average Bonchev–Trinajstić information content (AvgIpc) is 2.59. The van der Waals surface area contributed by atoms with Gasteiger partial charge in [0.2, 0.25) is 15.9 Å². The minimum Gasteiger partial charge on any atom is -0.356 e. The quantitative estimate of drug-likeness (QED) is 0.705. The summed E-state index contributed by atoms with van der Waals surface area (Å²) >= 11 is 0. The molecule has 1 aliphatic heterocycles. The number of nitrogens with zero attached hydrogens (tertiary/aromatic N) is 2. The molecule has 1 N–H and O–H groups in total. The molecular weight excluding hydrogens is 338 g/mol. The van der Waals surface area contributed by atoms with Crippen molar-refractivity contribution in [3.05, 3.63) is 0 Å². The van der Waals surface area contributed by atoms with E-state index in [1.807, 2.05) is 6.92 Å². The number of hydrogen-bond donors (Lipinski definition) is 1. The Morgan fingerprint density at radius 1 is 1.12 bits per heavy atom. The molecule has 146 valence electrons. The Labute approximate surface area is 153 Å². The summed E-state index contributed by atoms with van der Waals surface area (Å²) in [7, 11) is -3.13. The van der Waals surface area contributed by atoms with Crippen molar-refractivity contribution in [3.8, 4) is 0 Å². The van der Waals surface area contributed by atoms with Crippen molar-refractivity contribution < 1.29 is 13.2 Å². The summed E-state index contributed by atoms with van der Waals surface area (Å²) in [6.45, 7) is 5.77. The number of hydrogen-bond acceptors (Lipinski definition) is 4. The van der Waals surface area contributed by atoms with Crippen molar-refractivity contribution in [3.63, 3.8) is 0 Å². The van der Waals surface area contributed by atoms with E-state index in [1.165, 1.54) is 38.4 Å². The van der Waals surface area contributed by atoms with Crippen molar-refractivity contribution in [2.45, 2.75) is 64.3 Å². The summed E-state index contributed by atoms with van der Waals surface area (Å²) < 4.78 is 25.3. The fourth-order valence-electron chi connectivity index (χ4n) is 4.19. The predicted molar refractivity (Wildman–Crippen MR) is 101 cm³/mol. The standard InChI is InChI=1S/C18H35N3O3S/c1-3-21(25(2,23)24)17-9-12-20(13-10-17)14-11-18(22)19-15-16-7-5-4-6-8-16/h16-17H,3-15H2,1-2H3,(H,19,22). The van der Waals surface area contributed by atoms with Gasteiger partial charge in [-0.05, 0) is 44.7 Å². The molecular formula is C18H35N3O3S. The normalized spacial score (nSPS) is 21.6. The molecule has 1 amide bonds. The summed E-state index contributed by atoms with van der Waals surface area (Å²) in [5.41, 5.74) is 0. The van der Waals surface area contributed by atoms with E-state index in [-0.39, 0.29) is 11.9 Å². The van der Waals surface area contributed by atoms with Crippen LogP contribution >= 0.6 is 0 Å². The minimum atomic E-state index is -3.13. The van der Waals surface area contributed by atoms with E-state index in [4.69, 9.17) is 0 Å². The van der Waals surface area contributed by atoms with Crippen molar-refractivity contribution >= 4 is 15.9 Å². The molecule has 0 radical (unpaired) electrons. The monoisotopic (exact) mass is 373 g/mol. The second-order valence-electron chi connectivity index (χ2n) is 7.60. The van der Waals surface area contributed by atoms with Gasteiger partial charge in [0.1, 0.15) is 0 Å². The molecule has 0 bridgehead atoms. The number of carbonyl (C=O) groups excluding carboxylic acids is 1. The molecule has 0 aromatic rings. The van der Waals surface area contributed by atoms with Crippen LogP contribution in [0.25, 0.3) is 0 Å². The van der Waals surface area contributed by atoms with Crippen LogP contribution in [0.5, 0.6) is 0 Å². The number of likely N-dealkylation sites (tertiary alicyclic amines) is 1. The van der Waals surface area contributed by atoms with Crippen LogP contribution in [-0.4, -0.2) is 68.6 Å². The summed E-state index contributed by atoms with van der Waals surface area (Å²) in [5.74, 6) is 0.823. The zero-order chi connectivity index (χ0) is 18.3. The van der Waals surface area contributed by atoms with Crippen molar-refractivity contribution in [1.29, 1.82) is 0 Å². The molecule has 0 unspecified atom stereocenters. The first-order chi connectivity index (χ1) is 11.9. The van der Waals surface area contributed by atoms with Crippen LogP contribution in [0, 0.1) is 5.92 Å². The number of piperidine rings is 1. The molecule has 1 heterocycles. The topological polar surface area (TPSA) is 69.7 Å². The van der Waals surface area contributed by atoms with Crippen LogP contribution in [-0.2, 0) is 14.8 Å². The fourth-order valence-corrected chi connectivity index (χ4v) is 5.41. The third kappa shape index (κ3) is 6.87. The van der Waals surface area contributed by atoms with Crippen LogP contribution in [0.15, 0.2) is 0 Å². The minimum absolute atomic E-state index is 0.108. The number of nitrogens with one attached hydrogen (secondary N) is 1. The second-order valence-corrected chi connectivity index (χ2v) is 9.53. The van der Waals surface area contributed by atoms with Gasteiger partial charge >= 0.3 is 0 Å². The summed E-state index contributed by atoms with van der Waals surface area (Å²) in [5, 5.41) is 3.09. The van der Waals surface area contributed by atoms with Crippen molar-refractivity contribution in [1.82, 2.24) is 14.5 Å². The van der Waals surface area contributed by atoms with E-state index < -0.39 is 10.0 Å². The maximum atomic E-state index is 12.1. The van der Waals surface area contributed by atoms with Crippen LogP contribution in [0.4, 0.5) is 0 Å². The SMILES string of the molecule is CCN(C1CCN(CCC(=O)NCC2CCCCC2)CC1)S(C)(=O)=O. The van der Waals surface area contributed by atoms with Crippen LogP contribution in [0.1, 0.15) is 58.3 Å². The largest absolute Gasteiger partial charge is 0.356 e. The van der Waals surface area contributed by atoms with E-state index in [9.17, 15) is 13.2 Å². The van der Waals surface area contributed by atoms with Gasteiger partial charge in [0, 0.05) is 32.1 Å². The Balaban J connectivity index is 1.63. The van der Waals surface area contributed by atoms with E-state index in [0.717, 1.165) is 39.0 Å². The molecule has 25 heavy (non-hydrogen) atoms. The molecule has 2 rings (SSSR count). The van der Waals surface area contributed by atoms with Crippen LogP contribution in [0.3, 0.4) is 0 Å². The van der Waals surface area contributed by atoms with E-state index in [2.05, 4.69) is 10.2 Å². The average molecular weight is 374 g/mol. The first-order valence-corrected chi connectivity index (χ1v) is 11.7. The van der Waals surface area contributed by atoms with Gasteiger partial charge in [-0.1, -0.05) is 26.2 Å². The number of carbonyl (C=O) groups is 1. The lowest BCUT2D eigenvalue weighted by Crippen LogP contribution is -2.47. The highest BCUT2D eigenvalue weighted by atomic mass is 32.2. The Morgan fingerprint density at radius 2 is 1.76 bits per heavy atom. The Morgan fingerprint density at radius 3 is 2.32 bits per heavy atom. The fraction of sp³-hybridized carbons (Fsp3) is 0.944. The first-order valence-electron chi connectivity index (χ1n) is 9.86. The Bertz CT molecular complexity index is 510. The van der Waals surface area contributed by atoms with E-state index >= 15 is 0 Å². The zero-order valence-electron chi connectivity index (χ0n) is 15.9. The third-order valence-electron chi connectivity index (χ3n) is 5.67. The third-order valence-corrected chi connectivity index (χ3v) is 7.08. The number of rotatable bonds is 8. The molecule has 7 heteroatoms. The van der Waals surface area contributed by atoms with Gasteiger partial charge in [-0.3, -0.25) is 4.79 Å². The van der Waals surface area contributed by atoms with Gasteiger partial charge in [-0.25, -0.2) is 8.42 Å². The Kier molecular flexibility index (Phi) is 8.16. The van der Waals surface area contributed by atoms with E-state index in [0.29, 0.717) is 18.9 Å². The summed E-state index contributed by atoms with van der Waals surface area (Å²) in [4.78, 5) is 14.3. The lowest BCUT2D eigenvalue weighted by atomic mass is 9.89. The molecule has 1 aliphatic carbocycles. The molecule has 2 aliphatic rings. The number of sulfonamides is 1. The van der Waals surface area contributed by atoms with Crippen LogP contribution in [0.2, 0.25) is 0 Å². The maximum absolute atomic E-state index is 12.1. The van der Waals surface area contributed by atoms with Crippen molar-refractivity contribution in [2.24, 2.45) is 5.92 Å². The first kappa shape index (κ1) is 20.6. The molecule has 0 spiro atoms. The predicted octanol–water partition coefficient (Wildman–Crippen LogP) is 1.82. The van der Waals surface area contributed by atoms with Gasteiger partial charge in [-0.2, -0.15) is 4.31 Å². The molecule has 6 nitrogen and oxygen atoms in total.